The second-order valence-corrected chi connectivity index (χ2v) is 2.70. The van der Waals surface area contributed by atoms with E-state index >= 15 is 0 Å². The van der Waals surface area contributed by atoms with Crippen molar-refractivity contribution in [1.29, 1.82) is 0 Å². The zero-order chi connectivity index (χ0) is 8.53. The van der Waals surface area contributed by atoms with Crippen LogP contribution in [-0.4, -0.2) is 31.3 Å². The van der Waals surface area contributed by atoms with Gasteiger partial charge in [0.05, 0.1) is 6.54 Å². The van der Waals surface area contributed by atoms with Gasteiger partial charge in [0.25, 0.3) is 0 Å². The highest BCUT2D eigenvalue weighted by Crippen LogP contribution is 1.71. The van der Waals surface area contributed by atoms with Crippen LogP contribution in [-0.2, 0) is 4.79 Å². The van der Waals surface area contributed by atoms with Gasteiger partial charge in [-0.05, 0) is 13.0 Å². The Hall–Kier alpha value is -0.220. The van der Waals surface area contributed by atoms with E-state index in [1.165, 1.54) is 0 Å². The zero-order valence-corrected chi connectivity index (χ0v) is 7.79. The molecule has 0 heterocycles. The highest BCUT2D eigenvalue weighted by Gasteiger charge is 1.96. The molecular formula is C7H16N2OS. The fourth-order valence-corrected chi connectivity index (χ4v) is 0.748. The number of nitrogens with one attached hydrogen (secondary N) is 2. The predicted molar refractivity (Wildman–Crippen MR) is 50.0 cm³/mol. The first kappa shape index (κ1) is 10.8. The number of amides is 1. The molecule has 0 aliphatic rings. The number of carbonyl (C=O) groups excluding carboxylic acids is 1. The molecule has 0 aromatic carbocycles. The largest absolute Gasteiger partial charge is 0.354 e. The molecule has 0 atom stereocenters. The van der Waals surface area contributed by atoms with Crippen LogP contribution in [0.3, 0.4) is 0 Å². The summed E-state index contributed by atoms with van der Waals surface area (Å²) in [6, 6.07) is 0. The van der Waals surface area contributed by atoms with E-state index in [1.807, 2.05) is 0 Å². The molecule has 0 aliphatic carbocycles. The van der Waals surface area contributed by atoms with Crippen molar-refractivity contribution in [3.63, 3.8) is 0 Å². The van der Waals surface area contributed by atoms with Gasteiger partial charge in [-0.2, -0.15) is 12.6 Å². The van der Waals surface area contributed by atoms with E-state index < -0.39 is 0 Å². The normalized spacial score (nSPS) is 9.64. The third-order valence-corrected chi connectivity index (χ3v) is 1.37. The average Bonchev–Trinajstić information content (AvgIpc) is 2.01. The summed E-state index contributed by atoms with van der Waals surface area (Å²) in [6.45, 7) is 4.03. The van der Waals surface area contributed by atoms with Crippen molar-refractivity contribution in [3.8, 4) is 0 Å². The van der Waals surface area contributed by atoms with E-state index in [0.29, 0.717) is 18.8 Å². The standard InChI is InChI=1S/C7H16N2OS/c1-2-3-8-6-7(10)9-4-5-11/h8,11H,2-6H2,1H3,(H,9,10). The van der Waals surface area contributed by atoms with Gasteiger partial charge >= 0.3 is 0 Å². The highest BCUT2D eigenvalue weighted by atomic mass is 32.1. The fraction of sp³-hybridized carbons (Fsp3) is 0.857. The maximum absolute atomic E-state index is 10.9. The topological polar surface area (TPSA) is 41.1 Å². The molecule has 0 bridgehead atoms. The third-order valence-electron chi connectivity index (χ3n) is 1.15. The summed E-state index contributed by atoms with van der Waals surface area (Å²) in [5.41, 5.74) is 0. The Morgan fingerprint density at radius 1 is 1.45 bits per heavy atom. The van der Waals surface area contributed by atoms with E-state index in [2.05, 4.69) is 30.2 Å². The van der Waals surface area contributed by atoms with E-state index in [9.17, 15) is 4.79 Å². The lowest BCUT2D eigenvalue weighted by molar-refractivity contribution is -0.120. The molecule has 0 aliphatic heterocycles. The van der Waals surface area contributed by atoms with Crippen molar-refractivity contribution in [1.82, 2.24) is 10.6 Å². The van der Waals surface area contributed by atoms with Gasteiger partial charge in [0, 0.05) is 12.3 Å². The maximum atomic E-state index is 10.9. The summed E-state index contributed by atoms with van der Waals surface area (Å²) in [5, 5.41) is 5.72. The Morgan fingerprint density at radius 2 is 2.18 bits per heavy atom. The third kappa shape index (κ3) is 7.68. The first-order valence-corrected chi connectivity index (χ1v) is 4.52. The van der Waals surface area contributed by atoms with E-state index in [1.54, 1.807) is 0 Å². The van der Waals surface area contributed by atoms with Crippen LogP contribution >= 0.6 is 12.6 Å². The molecule has 0 unspecified atom stereocenters. The number of hydrogen-bond donors (Lipinski definition) is 3. The van der Waals surface area contributed by atoms with Gasteiger partial charge in [0.2, 0.25) is 5.91 Å². The van der Waals surface area contributed by atoms with Crippen molar-refractivity contribution in [2.24, 2.45) is 0 Å². The summed E-state index contributed by atoms with van der Waals surface area (Å²) in [6.07, 6.45) is 1.06. The molecule has 0 saturated carbocycles. The molecule has 11 heavy (non-hydrogen) atoms. The van der Waals surface area contributed by atoms with Crippen LogP contribution in [0.15, 0.2) is 0 Å². The molecule has 3 nitrogen and oxygen atoms in total. The van der Waals surface area contributed by atoms with E-state index in [0.717, 1.165) is 13.0 Å². The van der Waals surface area contributed by atoms with Crippen LogP contribution in [0, 0.1) is 0 Å². The Balaban J connectivity index is 3.09. The molecule has 0 spiro atoms. The summed E-state index contributed by atoms with van der Waals surface area (Å²) in [4.78, 5) is 10.9. The van der Waals surface area contributed by atoms with E-state index in [-0.39, 0.29) is 5.91 Å². The lowest BCUT2D eigenvalue weighted by Crippen LogP contribution is -2.35. The number of thiol groups is 1. The molecule has 0 aromatic heterocycles. The Kier molecular flexibility index (Phi) is 7.72. The summed E-state index contributed by atoms with van der Waals surface area (Å²) < 4.78 is 0. The molecular weight excluding hydrogens is 160 g/mol. The van der Waals surface area contributed by atoms with Gasteiger partial charge in [-0.25, -0.2) is 0 Å². The van der Waals surface area contributed by atoms with Gasteiger partial charge in [0.1, 0.15) is 0 Å². The monoisotopic (exact) mass is 176 g/mol. The van der Waals surface area contributed by atoms with Gasteiger partial charge in [0.15, 0.2) is 0 Å². The zero-order valence-electron chi connectivity index (χ0n) is 6.89. The van der Waals surface area contributed by atoms with Crippen molar-refractivity contribution in [2.45, 2.75) is 13.3 Å². The van der Waals surface area contributed by atoms with Crippen LogP contribution in [0.1, 0.15) is 13.3 Å². The minimum atomic E-state index is 0.0486. The molecule has 1 amide bonds. The van der Waals surface area contributed by atoms with Crippen molar-refractivity contribution in [3.05, 3.63) is 0 Å². The molecule has 4 heteroatoms. The molecule has 66 valence electrons. The summed E-state index contributed by atoms with van der Waals surface area (Å²) >= 11 is 3.97. The van der Waals surface area contributed by atoms with Gasteiger partial charge in [-0.1, -0.05) is 6.92 Å². The van der Waals surface area contributed by atoms with Gasteiger partial charge < -0.3 is 10.6 Å². The van der Waals surface area contributed by atoms with Gasteiger partial charge in [-0.15, -0.1) is 0 Å². The van der Waals surface area contributed by atoms with Crippen LogP contribution in [0.5, 0.6) is 0 Å². The number of hydrogen-bond acceptors (Lipinski definition) is 3. The van der Waals surface area contributed by atoms with Crippen LogP contribution < -0.4 is 10.6 Å². The summed E-state index contributed by atoms with van der Waals surface area (Å²) in [7, 11) is 0. The minimum Gasteiger partial charge on any atom is -0.354 e. The fourth-order valence-electron chi connectivity index (χ4n) is 0.637. The van der Waals surface area contributed by atoms with Crippen LogP contribution in [0.25, 0.3) is 0 Å². The molecule has 0 aromatic rings. The van der Waals surface area contributed by atoms with Crippen LogP contribution in [0.4, 0.5) is 0 Å². The number of carbonyl (C=O) groups is 1. The Labute approximate surface area is 73.3 Å². The Bertz CT molecular complexity index is 109. The maximum Gasteiger partial charge on any atom is 0.233 e. The molecule has 0 saturated heterocycles. The lowest BCUT2D eigenvalue weighted by Gasteiger charge is -2.03. The van der Waals surface area contributed by atoms with Crippen LogP contribution in [0.2, 0.25) is 0 Å². The van der Waals surface area contributed by atoms with Crippen molar-refractivity contribution < 1.29 is 4.79 Å². The molecule has 0 rings (SSSR count). The van der Waals surface area contributed by atoms with E-state index in [4.69, 9.17) is 0 Å². The second-order valence-electron chi connectivity index (χ2n) is 2.25. The minimum absolute atomic E-state index is 0.0486. The molecule has 0 radical (unpaired) electrons. The van der Waals surface area contributed by atoms with Gasteiger partial charge in [-0.3, -0.25) is 4.79 Å². The quantitative estimate of drug-likeness (QED) is 0.395. The first-order valence-electron chi connectivity index (χ1n) is 3.89. The predicted octanol–water partition coefficient (Wildman–Crippen LogP) is 0.0320. The SMILES string of the molecule is CCCNCC(=O)NCCS. The second kappa shape index (κ2) is 7.88. The Morgan fingerprint density at radius 3 is 2.73 bits per heavy atom. The first-order chi connectivity index (χ1) is 5.31. The lowest BCUT2D eigenvalue weighted by atomic mass is 10.4. The average molecular weight is 176 g/mol. The highest BCUT2D eigenvalue weighted by molar-refractivity contribution is 7.80. The number of rotatable bonds is 6. The van der Waals surface area contributed by atoms with Crippen molar-refractivity contribution in [2.75, 3.05) is 25.4 Å². The molecule has 0 fully saturated rings. The smallest absolute Gasteiger partial charge is 0.233 e. The van der Waals surface area contributed by atoms with Crippen molar-refractivity contribution >= 4 is 18.5 Å². The molecule has 2 N–H and O–H groups in total. The summed E-state index contributed by atoms with van der Waals surface area (Å²) in [5.74, 6) is 0.743.